The van der Waals surface area contributed by atoms with Crippen LogP contribution >= 0.6 is 0 Å². The maximum atomic E-state index is 11.9. The lowest BCUT2D eigenvalue weighted by Gasteiger charge is -2.29. The van der Waals surface area contributed by atoms with E-state index in [9.17, 15) is 4.79 Å². The molecule has 0 saturated heterocycles. The molecule has 1 aromatic rings. The molecule has 1 aromatic heterocycles. The number of hydrogen-bond acceptors (Lipinski definition) is 6. The molecule has 9 heteroatoms. The molecular weight excluding hydrogens is 348 g/mol. The summed E-state index contributed by atoms with van der Waals surface area (Å²) in [4.78, 5) is 20.5. The Hall–Kier alpha value is -2.32. The summed E-state index contributed by atoms with van der Waals surface area (Å²) in [5.41, 5.74) is -1.05. The Bertz CT molecular complexity index is 631. The molecule has 154 valence electrons. The molecule has 0 aliphatic heterocycles. The zero-order valence-corrected chi connectivity index (χ0v) is 17.8. The zero-order chi connectivity index (χ0) is 20.7. The van der Waals surface area contributed by atoms with E-state index in [1.165, 1.54) is 0 Å². The second-order valence-corrected chi connectivity index (χ2v) is 8.31. The van der Waals surface area contributed by atoms with Gasteiger partial charge in [-0.05, 0) is 34.6 Å². The van der Waals surface area contributed by atoms with Crippen LogP contribution < -0.4 is 16.0 Å². The van der Waals surface area contributed by atoms with Gasteiger partial charge in [0.25, 0.3) is 0 Å². The van der Waals surface area contributed by atoms with E-state index in [1.54, 1.807) is 7.05 Å². The monoisotopic (exact) mass is 382 g/mol. The van der Waals surface area contributed by atoms with Gasteiger partial charge in [0.15, 0.2) is 11.8 Å². The average molecular weight is 383 g/mol. The number of carbonyl (C=O) groups is 1. The smallest absolute Gasteiger partial charge is 0.408 e. The molecule has 1 rings (SSSR count). The van der Waals surface area contributed by atoms with Crippen molar-refractivity contribution in [1.82, 2.24) is 26.1 Å². The molecule has 0 atom stereocenters. The molecule has 0 bridgehead atoms. The van der Waals surface area contributed by atoms with Crippen LogP contribution in [-0.4, -0.2) is 53.5 Å². The summed E-state index contributed by atoms with van der Waals surface area (Å²) >= 11 is 0. The summed E-state index contributed by atoms with van der Waals surface area (Å²) < 4.78 is 10.5. The Labute approximate surface area is 161 Å². The van der Waals surface area contributed by atoms with Crippen molar-refractivity contribution < 1.29 is 14.1 Å². The van der Waals surface area contributed by atoms with Gasteiger partial charge in [0.1, 0.15) is 5.60 Å². The molecule has 0 aliphatic rings. The van der Waals surface area contributed by atoms with Gasteiger partial charge in [-0.15, -0.1) is 0 Å². The number of guanidine groups is 1. The summed E-state index contributed by atoms with van der Waals surface area (Å²) in [5, 5.41) is 13.2. The van der Waals surface area contributed by atoms with Crippen molar-refractivity contribution in [2.24, 2.45) is 4.99 Å². The molecular formula is C18H34N6O3. The molecule has 0 spiro atoms. The molecule has 0 aromatic carbocycles. The number of amides is 1. The van der Waals surface area contributed by atoms with Crippen molar-refractivity contribution in [3.05, 3.63) is 11.7 Å². The molecule has 1 amide bonds. The summed E-state index contributed by atoms with van der Waals surface area (Å²) in [6, 6.07) is 0. The van der Waals surface area contributed by atoms with Crippen molar-refractivity contribution in [2.45, 2.75) is 71.9 Å². The number of ether oxygens (including phenoxy) is 1. The highest BCUT2D eigenvalue weighted by atomic mass is 16.6. The summed E-state index contributed by atoms with van der Waals surface area (Å²) in [6.45, 7) is 14.4. The first kappa shape index (κ1) is 22.7. The normalized spacial score (nSPS) is 12.9. The van der Waals surface area contributed by atoms with Gasteiger partial charge in [-0.25, -0.2) is 4.79 Å². The number of aliphatic imine (C=N–C) groups is 1. The van der Waals surface area contributed by atoms with Gasteiger partial charge >= 0.3 is 6.09 Å². The lowest BCUT2D eigenvalue weighted by atomic mass is 10.1. The Morgan fingerprint density at radius 3 is 2.41 bits per heavy atom. The number of rotatable bonds is 7. The first-order chi connectivity index (χ1) is 12.4. The van der Waals surface area contributed by atoms with Crippen LogP contribution in [0.5, 0.6) is 0 Å². The van der Waals surface area contributed by atoms with Gasteiger partial charge in [-0.3, -0.25) is 4.99 Å². The average Bonchev–Trinajstić information content (AvgIpc) is 2.97. The van der Waals surface area contributed by atoms with E-state index in [0.29, 0.717) is 37.2 Å². The van der Waals surface area contributed by atoms with Gasteiger partial charge < -0.3 is 25.2 Å². The highest BCUT2D eigenvalue weighted by molar-refractivity contribution is 5.79. The molecule has 0 saturated carbocycles. The topological polar surface area (TPSA) is 114 Å². The van der Waals surface area contributed by atoms with Crippen LogP contribution in [0, 0.1) is 0 Å². The number of alkyl carbamates (subject to hydrolysis) is 1. The summed E-state index contributed by atoms with van der Waals surface area (Å²) in [7, 11) is 1.69. The van der Waals surface area contributed by atoms with E-state index in [1.807, 2.05) is 48.5 Å². The molecule has 3 N–H and O–H groups in total. The van der Waals surface area contributed by atoms with Crippen LogP contribution in [-0.2, 0) is 11.2 Å². The van der Waals surface area contributed by atoms with Gasteiger partial charge in [-0.2, -0.15) is 4.98 Å². The van der Waals surface area contributed by atoms with Crippen LogP contribution in [0.25, 0.3) is 0 Å². The number of hydrogen-bond donors (Lipinski definition) is 3. The first-order valence-corrected chi connectivity index (χ1v) is 9.20. The predicted molar refractivity (Wildman–Crippen MR) is 105 cm³/mol. The van der Waals surface area contributed by atoms with Gasteiger partial charge in [0.2, 0.25) is 5.89 Å². The number of nitrogens with one attached hydrogen (secondary N) is 3. The fourth-order valence-corrected chi connectivity index (χ4v) is 2.04. The molecule has 0 radical (unpaired) electrons. The Morgan fingerprint density at radius 1 is 1.22 bits per heavy atom. The maximum absolute atomic E-state index is 11.9. The fourth-order valence-electron chi connectivity index (χ4n) is 2.04. The van der Waals surface area contributed by atoms with E-state index >= 15 is 0 Å². The van der Waals surface area contributed by atoms with Crippen LogP contribution in [0.2, 0.25) is 0 Å². The minimum absolute atomic E-state index is 0.240. The third-order valence-corrected chi connectivity index (χ3v) is 3.39. The lowest BCUT2D eigenvalue weighted by Crippen LogP contribution is -2.54. The van der Waals surface area contributed by atoms with Crippen LogP contribution in [0.15, 0.2) is 9.52 Å². The van der Waals surface area contributed by atoms with E-state index in [-0.39, 0.29) is 5.92 Å². The van der Waals surface area contributed by atoms with Crippen molar-refractivity contribution >= 4 is 12.1 Å². The highest BCUT2D eigenvalue weighted by Gasteiger charge is 2.24. The molecule has 9 nitrogen and oxygen atoms in total. The number of aromatic nitrogens is 2. The summed E-state index contributed by atoms with van der Waals surface area (Å²) in [5.74, 6) is 2.17. The third kappa shape index (κ3) is 9.25. The van der Waals surface area contributed by atoms with Crippen molar-refractivity contribution in [1.29, 1.82) is 0 Å². The van der Waals surface area contributed by atoms with Crippen molar-refractivity contribution in [3.63, 3.8) is 0 Å². The van der Waals surface area contributed by atoms with Crippen LogP contribution in [0.1, 0.15) is 66.1 Å². The molecule has 0 aliphatic carbocycles. The van der Waals surface area contributed by atoms with E-state index in [0.717, 1.165) is 0 Å². The van der Waals surface area contributed by atoms with E-state index in [2.05, 4.69) is 31.1 Å². The second-order valence-electron chi connectivity index (χ2n) is 8.31. The first-order valence-electron chi connectivity index (χ1n) is 9.20. The SMILES string of the molecule is CN=C(NCCc1nc(C(C)C)no1)NCC(C)(C)NC(=O)OC(C)(C)C. The van der Waals surface area contributed by atoms with E-state index < -0.39 is 17.2 Å². The summed E-state index contributed by atoms with van der Waals surface area (Å²) in [6.07, 6.45) is 0.148. The number of carbonyl (C=O) groups excluding carboxylic acids is 1. The molecule has 27 heavy (non-hydrogen) atoms. The van der Waals surface area contributed by atoms with E-state index in [4.69, 9.17) is 9.26 Å². The van der Waals surface area contributed by atoms with Gasteiger partial charge in [0, 0.05) is 32.5 Å². The highest BCUT2D eigenvalue weighted by Crippen LogP contribution is 2.10. The Morgan fingerprint density at radius 2 is 1.89 bits per heavy atom. The quantitative estimate of drug-likeness (QED) is 0.489. The van der Waals surface area contributed by atoms with Gasteiger partial charge in [-0.1, -0.05) is 19.0 Å². The standard InChI is InChI=1S/C18H34N6O3/c1-12(2)14-22-13(27-24-14)9-10-20-15(19-8)21-11-18(6,7)23-16(25)26-17(3,4)5/h12H,9-11H2,1-8H3,(H,23,25)(H2,19,20,21). The van der Waals surface area contributed by atoms with Gasteiger partial charge in [0.05, 0.1) is 5.54 Å². The van der Waals surface area contributed by atoms with Crippen LogP contribution in [0.4, 0.5) is 4.79 Å². The number of nitrogens with zero attached hydrogens (tertiary/aromatic N) is 3. The lowest BCUT2D eigenvalue weighted by molar-refractivity contribution is 0.0474. The predicted octanol–water partition coefficient (Wildman–Crippen LogP) is 2.20. The van der Waals surface area contributed by atoms with Crippen molar-refractivity contribution in [2.75, 3.05) is 20.1 Å². The molecule has 1 heterocycles. The Kier molecular flexibility index (Phi) is 8.05. The Balaban J connectivity index is 2.40. The largest absolute Gasteiger partial charge is 0.444 e. The second kappa shape index (κ2) is 9.57. The minimum Gasteiger partial charge on any atom is -0.444 e. The maximum Gasteiger partial charge on any atom is 0.408 e. The minimum atomic E-state index is -0.532. The molecule has 0 unspecified atom stereocenters. The zero-order valence-electron chi connectivity index (χ0n) is 17.8. The fraction of sp³-hybridized carbons (Fsp3) is 0.778. The molecule has 0 fully saturated rings. The van der Waals surface area contributed by atoms with Crippen LogP contribution in [0.3, 0.4) is 0 Å². The van der Waals surface area contributed by atoms with Crippen molar-refractivity contribution in [3.8, 4) is 0 Å². The third-order valence-electron chi connectivity index (χ3n) is 3.39.